The zero-order valence-electron chi connectivity index (χ0n) is 11.8. The highest BCUT2D eigenvalue weighted by Crippen LogP contribution is 2.07. The van der Waals surface area contributed by atoms with Crippen LogP contribution in [-0.2, 0) is 9.53 Å². The van der Waals surface area contributed by atoms with E-state index in [-0.39, 0.29) is 12.6 Å². The molecular weight excluding hydrogens is 230 g/mol. The Morgan fingerprint density at radius 3 is 2.50 bits per heavy atom. The van der Waals surface area contributed by atoms with Gasteiger partial charge in [0.2, 0.25) is 0 Å². The minimum absolute atomic E-state index is 0.0419. The zero-order chi connectivity index (χ0) is 14.1. The maximum atomic E-state index is 10.8. The van der Waals surface area contributed by atoms with Gasteiger partial charge in [0.15, 0.2) is 0 Å². The number of ether oxygens (including phenoxy) is 1. The van der Waals surface area contributed by atoms with Gasteiger partial charge in [0, 0.05) is 19.0 Å². The third-order valence-electron chi connectivity index (χ3n) is 2.56. The Hall–Kier alpha value is -1.55. The molecule has 0 saturated carbocycles. The lowest BCUT2D eigenvalue weighted by Gasteiger charge is -2.18. The van der Waals surface area contributed by atoms with Gasteiger partial charge in [-0.25, -0.2) is 0 Å². The Morgan fingerprint density at radius 2 is 2.06 bits per heavy atom. The van der Waals surface area contributed by atoms with Gasteiger partial charge in [0.05, 0.1) is 6.10 Å². The minimum Gasteiger partial charge on any atom is -0.480 e. The zero-order valence-corrected chi connectivity index (χ0v) is 11.8. The van der Waals surface area contributed by atoms with Gasteiger partial charge in [-0.2, -0.15) is 0 Å². The quantitative estimate of drug-likeness (QED) is 0.709. The summed E-state index contributed by atoms with van der Waals surface area (Å²) in [5.41, 5.74) is 1.94. The van der Waals surface area contributed by atoms with E-state index in [0.717, 1.165) is 11.3 Å². The normalized spacial score (nSPS) is 14.9. The van der Waals surface area contributed by atoms with Crippen molar-refractivity contribution in [3.05, 3.63) is 35.7 Å². The highest BCUT2D eigenvalue weighted by Gasteiger charge is 2.06. The third kappa shape index (κ3) is 6.91. The van der Waals surface area contributed by atoms with Crippen LogP contribution in [0.4, 0.5) is 0 Å². The van der Waals surface area contributed by atoms with Crippen molar-refractivity contribution in [1.29, 1.82) is 0 Å². The third-order valence-corrected chi connectivity index (χ3v) is 2.56. The molecule has 0 spiro atoms. The standard InChI is InChI=1S/C14H23NO3/c1-6-12(3)15(10-14(16)17)8-7-11(2)9-13(4)18-5/h6-9,13H,10H2,1-5H3,(H,16,17)/b8-7-,11-9+,12-6+. The van der Waals surface area contributed by atoms with E-state index in [9.17, 15) is 4.79 Å². The first-order valence-corrected chi connectivity index (χ1v) is 5.91. The molecule has 0 amide bonds. The number of carboxylic acid groups (broad SMARTS) is 1. The van der Waals surface area contributed by atoms with Crippen molar-refractivity contribution in [1.82, 2.24) is 4.90 Å². The molecule has 18 heavy (non-hydrogen) atoms. The van der Waals surface area contributed by atoms with E-state index >= 15 is 0 Å². The van der Waals surface area contributed by atoms with Crippen LogP contribution in [0, 0.1) is 0 Å². The van der Waals surface area contributed by atoms with Crippen LogP contribution in [0.1, 0.15) is 27.7 Å². The van der Waals surface area contributed by atoms with E-state index in [4.69, 9.17) is 9.84 Å². The van der Waals surface area contributed by atoms with Gasteiger partial charge < -0.3 is 14.7 Å². The van der Waals surface area contributed by atoms with Crippen molar-refractivity contribution >= 4 is 5.97 Å². The summed E-state index contributed by atoms with van der Waals surface area (Å²) in [7, 11) is 1.65. The van der Waals surface area contributed by atoms with Gasteiger partial charge in [-0.3, -0.25) is 4.79 Å². The van der Waals surface area contributed by atoms with Crippen molar-refractivity contribution in [2.24, 2.45) is 0 Å². The number of carboxylic acids is 1. The number of nitrogens with zero attached hydrogens (tertiary/aromatic N) is 1. The summed E-state index contributed by atoms with van der Waals surface area (Å²) in [6.07, 6.45) is 7.55. The summed E-state index contributed by atoms with van der Waals surface area (Å²) in [6, 6.07) is 0. The second-order valence-corrected chi connectivity index (χ2v) is 4.12. The summed E-state index contributed by atoms with van der Waals surface area (Å²) in [6.45, 7) is 7.62. The topological polar surface area (TPSA) is 49.8 Å². The number of aliphatic carboxylic acids is 1. The van der Waals surface area contributed by atoms with E-state index in [1.54, 1.807) is 18.2 Å². The Kier molecular flexibility index (Phi) is 7.79. The largest absolute Gasteiger partial charge is 0.480 e. The number of allylic oxidation sites excluding steroid dienone is 4. The highest BCUT2D eigenvalue weighted by atomic mass is 16.5. The maximum absolute atomic E-state index is 10.8. The van der Waals surface area contributed by atoms with Crippen molar-refractivity contribution in [2.45, 2.75) is 33.8 Å². The molecule has 0 aromatic rings. The first-order chi connectivity index (χ1) is 8.40. The van der Waals surface area contributed by atoms with E-state index in [2.05, 4.69) is 0 Å². The summed E-state index contributed by atoms with van der Waals surface area (Å²) in [5.74, 6) is -0.854. The molecule has 0 radical (unpaired) electrons. The van der Waals surface area contributed by atoms with E-state index in [1.807, 2.05) is 45.9 Å². The van der Waals surface area contributed by atoms with Gasteiger partial charge in [0.25, 0.3) is 0 Å². The van der Waals surface area contributed by atoms with Crippen LogP contribution >= 0.6 is 0 Å². The van der Waals surface area contributed by atoms with Crippen LogP contribution in [0.3, 0.4) is 0 Å². The number of methoxy groups -OCH3 is 1. The Bertz CT molecular complexity index is 356. The van der Waals surface area contributed by atoms with Crippen LogP contribution in [0.25, 0.3) is 0 Å². The number of hydrogen-bond donors (Lipinski definition) is 1. The molecule has 0 aliphatic rings. The molecule has 0 aliphatic heterocycles. The average Bonchev–Trinajstić information content (AvgIpc) is 2.32. The van der Waals surface area contributed by atoms with Crippen molar-refractivity contribution in [3.63, 3.8) is 0 Å². The molecular formula is C14H23NO3. The molecule has 0 fully saturated rings. The molecule has 0 aliphatic carbocycles. The summed E-state index contributed by atoms with van der Waals surface area (Å²) in [5, 5.41) is 8.84. The van der Waals surface area contributed by atoms with Crippen molar-refractivity contribution in [3.8, 4) is 0 Å². The number of hydrogen-bond acceptors (Lipinski definition) is 3. The minimum atomic E-state index is -0.854. The highest BCUT2D eigenvalue weighted by molar-refractivity contribution is 5.69. The first kappa shape index (κ1) is 16.4. The Balaban J connectivity index is 4.77. The van der Waals surface area contributed by atoms with E-state index < -0.39 is 5.97 Å². The van der Waals surface area contributed by atoms with Crippen LogP contribution in [-0.4, -0.2) is 35.7 Å². The number of rotatable bonds is 7. The molecule has 1 N–H and O–H groups in total. The Labute approximate surface area is 109 Å². The van der Waals surface area contributed by atoms with Crippen LogP contribution in [0.2, 0.25) is 0 Å². The molecule has 102 valence electrons. The summed E-state index contributed by atoms with van der Waals surface area (Å²) >= 11 is 0. The molecule has 0 saturated heterocycles. The van der Waals surface area contributed by atoms with Crippen molar-refractivity contribution in [2.75, 3.05) is 13.7 Å². The molecule has 0 aromatic heterocycles. The van der Waals surface area contributed by atoms with Crippen molar-refractivity contribution < 1.29 is 14.6 Å². The predicted molar refractivity (Wildman–Crippen MR) is 73.1 cm³/mol. The van der Waals surface area contributed by atoms with Crippen LogP contribution in [0.15, 0.2) is 35.7 Å². The molecule has 0 aromatic carbocycles. The lowest BCUT2D eigenvalue weighted by molar-refractivity contribution is -0.137. The lowest BCUT2D eigenvalue weighted by Crippen LogP contribution is -2.23. The van der Waals surface area contributed by atoms with Crippen LogP contribution in [0.5, 0.6) is 0 Å². The van der Waals surface area contributed by atoms with Gasteiger partial charge in [-0.05, 0) is 33.8 Å². The monoisotopic (exact) mass is 253 g/mol. The smallest absolute Gasteiger partial charge is 0.323 e. The summed E-state index contributed by atoms with van der Waals surface area (Å²) < 4.78 is 5.13. The Morgan fingerprint density at radius 1 is 1.44 bits per heavy atom. The van der Waals surface area contributed by atoms with Gasteiger partial charge >= 0.3 is 5.97 Å². The first-order valence-electron chi connectivity index (χ1n) is 5.91. The van der Waals surface area contributed by atoms with Gasteiger partial charge in [0.1, 0.15) is 6.54 Å². The fourth-order valence-corrected chi connectivity index (χ4v) is 1.31. The molecule has 0 rings (SSSR count). The predicted octanol–water partition coefficient (Wildman–Crippen LogP) is 2.79. The number of carbonyl (C=O) groups is 1. The van der Waals surface area contributed by atoms with E-state index in [0.29, 0.717) is 0 Å². The molecule has 4 heteroatoms. The molecule has 1 atom stereocenters. The lowest BCUT2D eigenvalue weighted by atomic mass is 10.2. The second-order valence-electron chi connectivity index (χ2n) is 4.12. The van der Waals surface area contributed by atoms with E-state index in [1.165, 1.54) is 0 Å². The fourth-order valence-electron chi connectivity index (χ4n) is 1.31. The summed E-state index contributed by atoms with van der Waals surface area (Å²) in [4.78, 5) is 12.5. The second kappa shape index (κ2) is 8.53. The van der Waals surface area contributed by atoms with Gasteiger partial charge in [-0.15, -0.1) is 0 Å². The molecule has 0 bridgehead atoms. The average molecular weight is 253 g/mol. The van der Waals surface area contributed by atoms with Crippen LogP contribution < -0.4 is 0 Å². The molecule has 4 nitrogen and oxygen atoms in total. The molecule has 1 unspecified atom stereocenters. The SMILES string of the molecule is C/C=C(\C)N(/C=C\C(C)=C\C(C)OC)CC(=O)O. The maximum Gasteiger partial charge on any atom is 0.323 e. The fraction of sp³-hybridized carbons (Fsp3) is 0.500. The molecule has 0 heterocycles. The van der Waals surface area contributed by atoms with Gasteiger partial charge in [-0.1, -0.05) is 17.7 Å².